The highest BCUT2D eigenvalue weighted by atomic mass is 16.6. The summed E-state index contributed by atoms with van der Waals surface area (Å²) >= 11 is 0. The fourth-order valence-electron chi connectivity index (χ4n) is 11.1. The zero-order chi connectivity index (χ0) is 47.0. The van der Waals surface area contributed by atoms with E-state index in [-0.39, 0.29) is 54.8 Å². The van der Waals surface area contributed by atoms with E-state index in [1.165, 1.54) is 12.0 Å². The summed E-state index contributed by atoms with van der Waals surface area (Å²) in [7, 11) is 2.97. The van der Waals surface area contributed by atoms with Crippen molar-refractivity contribution in [3.63, 3.8) is 0 Å². The van der Waals surface area contributed by atoms with Crippen molar-refractivity contribution in [3.8, 4) is 0 Å². The summed E-state index contributed by atoms with van der Waals surface area (Å²) in [5.41, 5.74) is 1.29. The number of methoxy groups -OCH3 is 2. The van der Waals surface area contributed by atoms with Gasteiger partial charge in [-0.05, 0) is 119 Å². The summed E-state index contributed by atoms with van der Waals surface area (Å²) in [6, 6.07) is -1.11. The maximum atomic E-state index is 14.4. The van der Waals surface area contributed by atoms with Gasteiger partial charge in [-0.1, -0.05) is 71.1 Å². The van der Waals surface area contributed by atoms with Crippen molar-refractivity contribution >= 4 is 29.2 Å². The van der Waals surface area contributed by atoms with Crippen molar-refractivity contribution in [2.24, 2.45) is 47.3 Å². The lowest BCUT2D eigenvalue weighted by Crippen LogP contribution is -2.61. The van der Waals surface area contributed by atoms with Gasteiger partial charge in [0.1, 0.15) is 30.1 Å². The largest absolute Gasteiger partial charge is 0.460 e. The van der Waals surface area contributed by atoms with Crippen LogP contribution in [0.3, 0.4) is 0 Å². The number of aliphatic hydroxyl groups is 3. The molecule has 4 bridgehead atoms. The van der Waals surface area contributed by atoms with Crippen LogP contribution >= 0.6 is 0 Å². The van der Waals surface area contributed by atoms with Gasteiger partial charge in [0.2, 0.25) is 5.79 Å². The van der Waals surface area contributed by atoms with Gasteiger partial charge in [-0.25, -0.2) is 4.79 Å². The normalized spacial score (nSPS) is 42.5. The number of allylic oxidation sites excluding steroid dienone is 6. The summed E-state index contributed by atoms with van der Waals surface area (Å²) in [5, 5.41) is 33.8. The second-order valence-electron chi connectivity index (χ2n) is 20.1. The minimum Gasteiger partial charge on any atom is -0.460 e. The standard InChI is InChI=1S/C51H77NO12/c1-29-15-11-10-12-16-30(2)43(61-8)27-39-19-18-35(7)51(60,64-39)48(57)49(58)52-20-14-13-17-40(52)50(59)63-44(32(4)23-36-24-38-25-37(36)26-42(38)54)28-41(53)31(3)22-34(6)46(56)47(62-9)45(55)33(5)21-29/h10-12,15-16,22,29,31-33,35-40,42-44,46-47,54,56,60H,13-14,17-21,23-28H2,1-9H3/b12-10+,15-11+,30-16+,34-22+/t29-,31-,32-,33-,35-,36-,37+,38-,39+,40+,42-,43-,44?,46-,47+,51-/m1/s1. The molecule has 2 aliphatic carbocycles. The Kier molecular flexibility index (Phi) is 18.5. The van der Waals surface area contributed by atoms with Gasteiger partial charge in [0.25, 0.3) is 11.7 Å². The SMILES string of the molecule is CO[C@@H]1C[C@@H]2CC[C@@H](C)[C@@](O)(O2)C(=O)C(=O)N2CCCC[C@H]2C(=O)OC([C@H](C)C[C@@H]2C[C@@H]3C[C@H]2C[C@H]3O)CC(=O)[C@H](C)/C=C(\C)[C@@H](O)[C@@H](OC)C(=O)[C@H](C)C[C@H](C)/C=C/C=C/C=C/1C. The van der Waals surface area contributed by atoms with E-state index < -0.39 is 77.8 Å². The number of aliphatic hydroxyl groups excluding tert-OH is 2. The molecule has 3 N–H and O–H groups in total. The molecule has 16 atom stereocenters. The van der Waals surface area contributed by atoms with E-state index in [0.717, 1.165) is 24.8 Å². The molecule has 5 aliphatic rings. The van der Waals surface area contributed by atoms with Gasteiger partial charge in [0.05, 0.1) is 18.3 Å². The lowest BCUT2D eigenvalue weighted by Gasteiger charge is -2.42. The number of ether oxygens (including phenoxy) is 4. The summed E-state index contributed by atoms with van der Waals surface area (Å²) in [6.45, 7) is 12.9. The third kappa shape index (κ3) is 12.4. The highest BCUT2D eigenvalue weighted by Crippen LogP contribution is 2.51. The Morgan fingerprint density at radius 3 is 2.25 bits per heavy atom. The van der Waals surface area contributed by atoms with Crippen molar-refractivity contribution < 1.29 is 58.2 Å². The molecular weight excluding hydrogens is 819 g/mol. The van der Waals surface area contributed by atoms with Crippen LogP contribution in [0.5, 0.6) is 0 Å². The average molecular weight is 896 g/mol. The van der Waals surface area contributed by atoms with Gasteiger partial charge in [-0.2, -0.15) is 0 Å². The average Bonchev–Trinajstić information content (AvgIpc) is 3.84. The Morgan fingerprint density at radius 1 is 0.859 bits per heavy atom. The van der Waals surface area contributed by atoms with E-state index in [4.69, 9.17) is 18.9 Å². The second-order valence-corrected chi connectivity index (χ2v) is 20.1. The topological polar surface area (TPSA) is 186 Å². The number of rotatable bonds is 5. The number of nitrogens with zero attached hydrogens (tertiary/aromatic N) is 1. The fourth-order valence-corrected chi connectivity index (χ4v) is 11.1. The quantitative estimate of drug-likeness (QED) is 0.157. The number of carbonyl (C=O) groups is 5. The van der Waals surface area contributed by atoms with Gasteiger partial charge < -0.3 is 39.2 Å². The predicted octanol–water partition coefficient (Wildman–Crippen LogP) is 6.41. The lowest BCUT2D eigenvalue weighted by molar-refractivity contribution is -0.265. The molecule has 2 saturated carbocycles. The van der Waals surface area contributed by atoms with Gasteiger partial charge in [-0.3, -0.25) is 19.2 Å². The van der Waals surface area contributed by atoms with Crippen molar-refractivity contribution in [2.75, 3.05) is 20.8 Å². The van der Waals surface area contributed by atoms with Crippen LogP contribution in [0.1, 0.15) is 126 Å². The fraction of sp³-hybridized carbons (Fsp3) is 0.745. The van der Waals surface area contributed by atoms with E-state index in [1.54, 1.807) is 34.0 Å². The van der Waals surface area contributed by atoms with E-state index in [1.807, 2.05) is 58.1 Å². The molecule has 0 aromatic rings. The van der Waals surface area contributed by atoms with E-state index in [0.29, 0.717) is 62.4 Å². The molecule has 0 aromatic heterocycles. The van der Waals surface area contributed by atoms with Crippen molar-refractivity contribution in [2.45, 2.75) is 174 Å². The molecule has 358 valence electrons. The molecule has 64 heavy (non-hydrogen) atoms. The first-order chi connectivity index (χ1) is 30.3. The monoisotopic (exact) mass is 896 g/mol. The zero-order valence-corrected chi connectivity index (χ0v) is 39.8. The van der Waals surface area contributed by atoms with Crippen LogP contribution in [0.4, 0.5) is 0 Å². The lowest BCUT2D eigenvalue weighted by atomic mass is 9.79. The molecule has 5 rings (SSSR count). The number of esters is 1. The van der Waals surface area contributed by atoms with Crippen LogP contribution in [0, 0.1) is 47.3 Å². The molecule has 0 spiro atoms. The van der Waals surface area contributed by atoms with Crippen LogP contribution in [-0.4, -0.2) is 119 Å². The van der Waals surface area contributed by atoms with Gasteiger partial charge in [0.15, 0.2) is 5.78 Å². The predicted molar refractivity (Wildman–Crippen MR) is 241 cm³/mol. The molecule has 4 fully saturated rings. The molecular formula is C51H77NO12. The highest BCUT2D eigenvalue weighted by Gasteiger charge is 2.53. The Hall–Kier alpha value is -3.33. The number of ketones is 3. The third-order valence-corrected chi connectivity index (χ3v) is 15.2. The van der Waals surface area contributed by atoms with Gasteiger partial charge >= 0.3 is 5.97 Å². The third-order valence-electron chi connectivity index (χ3n) is 15.2. The summed E-state index contributed by atoms with van der Waals surface area (Å²) in [5.74, 6) is -6.92. The summed E-state index contributed by atoms with van der Waals surface area (Å²) in [6.07, 6.45) is 12.9. The number of piperidine rings is 1. The van der Waals surface area contributed by atoms with Crippen molar-refractivity contribution in [3.05, 3.63) is 47.6 Å². The molecule has 3 heterocycles. The number of Topliss-reactive ketones (excluding diaryl/α,β-unsaturated/α-hetero) is 3. The number of hydrogen-bond donors (Lipinski definition) is 3. The highest BCUT2D eigenvalue weighted by molar-refractivity contribution is 6.39. The molecule has 1 amide bonds. The van der Waals surface area contributed by atoms with Crippen LogP contribution < -0.4 is 0 Å². The number of cyclic esters (lactones) is 1. The minimum absolute atomic E-state index is 0.0279. The van der Waals surface area contributed by atoms with Crippen LogP contribution in [0.25, 0.3) is 0 Å². The molecule has 1 unspecified atom stereocenters. The molecule has 2 saturated heterocycles. The van der Waals surface area contributed by atoms with E-state index in [2.05, 4.69) is 0 Å². The van der Waals surface area contributed by atoms with Crippen LogP contribution in [0.2, 0.25) is 0 Å². The summed E-state index contributed by atoms with van der Waals surface area (Å²) in [4.78, 5) is 71.8. The zero-order valence-electron chi connectivity index (χ0n) is 39.8. The van der Waals surface area contributed by atoms with Gasteiger partial charge in [-0.15, -0.1) is 0 Å². The first-order valence-electron chi connectivity index (χ1n) is 23.9. The number of fused-ring (bicyclic) bond motifs is 5. The molecule has 13 heteroatoms. The van der Waals surface area contributed by atoms with Crippen molar-refractivity contribution in [1.29, 1.82) is 0 Å². The molecule has 0 radical (unpaired) electrons. The van der Waals surface area contributed by atoms with E-state index in [9.17, 15) is 39.3 Å². The number of amides is 1. The van der Waals surface area contributed by atoms with Crippen LogP contribution in [-0.2, 0) is 42.9 Å². The smallest absolute Gasteiger partial charge is 0.329 e. The first-order valence-corrected chi connectivity index (χ1v) is 23.9. The molecule has 13 nitrogen and oxygen atoms in total. The Balaban J connectivity index is 1.46. The number of hydrogen-bond acceptors (Lipinski definition) is 12. The summed E-state index contributed by atoms with van der Waals surface area (Å²) < 4.78 is 23.8. The van der Waals surface area contributed by atoms with Crippen LogP contribution in [0.15, 0.2) is 47.6 Å². The molecule has 0 aromatic carbocycles. The van der Waals surface area contributed by atoms with Gasteiger partial charge in [0, 0.05) is 51.4 Å². The van der Waals surface area contributed by atoms with E-state index >= 15 is 0 Å². The number of carbonyl (C=O) groups excluding carboxylic acids is 5. The minimum atomic E-state index is -2.41. The Labute approximate surface area is 381 Å². The first kappa shape index (κ1) is 51.7. The van der Waals surface area contributed by atoms with Crippen molar-refractivity contribution in [1.82, 2.24) is 4.90 Å². The maximum Gasteiger partial charge on any atom is 0.329 e. The Bertz CT molecular complexity index is 1780. The maximum absolute atomic E-state index is 14.4. The molecule has 3 aliphatic heterocycles. The Morgan fingerprint density at radius 2 is 1.59 bits per heavy atom. The second kappa shape index (κ2) is 22.9.